The van der Waals surface area contributed by atoms with Gasteiger partial charge in [0, 0.05) is 48.4 Å². The van der Waals surface area contributed by atoms with E-state index in [4.69, 9.17) is 11.6 Å². The Hall–Kier alpha value is -3.28. The predicted molar refractivity (Wildman–Crippen MR) is 131 cm³/mol. The largest absolute Gasteiger partial charge is 0.487 e. The van der Waals surface area contributed by atoms with Crippen LogP contribution in [0.1, 0.15) is 16.8 Å². The summed E-state index contributed by atoms with van der Waals surface area (Å²) in [5.41, 5.74) is -2.28. The Morgan fingerprint density at radius 1 is 1.22 bits per heavy atom. The minimum absolute atomic E-state index is 0.118. The summed E-state index contributed by atoms with van der Waals surface area (Å²) in [5.74, 6) is -0.190. The molecule has 4 rings (SSSR count). The van der Waals surface area contributed by atoms with Gasteiger partial charge in [0.25, 0.3) is 5.91 Å². The molecule has 1 aliphatic heterocycles. The molecule has 2 heterocycles. The summed E-state index contributed by atoms with van der Waals surface area (Å²) in [7, 11) is -3.47. The minimum atomic E-state index is -3.85. The van der Waals surface area contributed by atoms with Gasteiger partial charge in [0.05, 0.1) is 16.6 Å². The number of sulfone groups is 1. The molecular weight excluding hydrogens is 516 g/mol. The molecular formula is C24H22ClF2N3O5S. The fraction of sp³-hybridized carbons (Fsp3) is 0.250. The summed E-state index contributed by atoms with van der Waals surface area (Å²) in [6, 6.07) is 13.1. The van der Waals surface area contributed by atoms with E-state index < -0.39 is 27.4 Å². The van der Waals surface area contributed by atoms with Crippen LogP contribution in [0, 0.1) is 0 Å². The van der Waals surface area contributed by atoms with E-state index in [2.05, 4.69) is 15.0 Å². The number of aliphatic hydroxyl groups is 1. The van der Waals surface area contributed by atoms with Crippen molar-refractivity contribution in [1.29, 1.82) is 0 Å². The number of aromatic nitrogens is 1. The zero-order valence-corrected chi connectivity index (χ0v) is 20.6. The Kier molecular flexibility index (Phi) is 7.17. The van der Waals surface area contributed by atoms with Gasteiger partial charge in [0.1, 0.15) is 11.6 Å². The molecule has 1 amide bonds. The SMILES string of the molecule is CS(=O)(=O)c1cccc(-c2cc(C(=O)Nc3ccc(OC(F)(F)Cl)cc3)cnc2N2CC[C@H](O)C2)c1. The third-order valence-corrected chi connectivity index (χ3v) is 6.70. The summed E-state index contributed by atoms with van der Waals surface area (Å²) in [4.78, 5) is 19.4. The van der Waals surface area contributed by atoms with Gasteiger partial charge < -0.3 is 20.1 Å². The average Bonchev–Trinajstić information content (AvgIpc) is 3.24. The molecule has 1 fully saturated rings. The number of benzene rings is 2. The summed E-state index contributed by atoms with van der Waals surface area (Å²) < 4.78 is 54.0. The molecule has 12 heteroatoms. The Bertz CT molecular complexity index is 1380. The number of pyridine rings is 1. The highest BCUT2D eigenvalue weighted by molar-refractivity contribution is 7.90. The van der Waals surface area contributed by atoms with Gasteiger partial charge >= 0.3 is 5.57 Å². The van der Waals surface area contributed by atoms with E-state index in [0.29, 0.717) is 42.1 Å². The monoisotopic (exact) mass is 537 g/mol. The Labute approximate surface area is 211 Å². The zero-order chi connectivity index (χ0) is 26.1. The lowest BCUT2D eigenvalue weighted by Crippen LogP contribution is -2.23. The van der Waals surface area contributed by atoms with Gasteiger partial charge in [0.2, 0.25) is 0 Å². The van der Waals surface area contributed by atoms with Gasteiger partial charge in [-0.25, -0.2) is 13.4 Å². The van der Waals surface area contributed by atoms with Gasteiger partial charge in [-0.15, -0.1) is 8.78 Å². The van der Waals surface area contributed by atoms with E-state index in [-0.39, 0.29) is 16.2 Å². The van der Waals surface area contributed by atoms with Crippen molar-refractivity contribution < 1.29 is 31.8 Å². The fourth-order valence-corrected chi connectivity index (χ4v) is 4.57. The van der Waals surface area contributed by atoms with Crippen molar-refractivity contribution in [3.8, 4) is 16.9 Å². The van der Waals surface area contributed by atoms with Crippen LogP contribution in [0.3, 0.4) is 0 Å². The number of β-amino-alcohol motifs (C(OH)–C–C–N with tert-alkyl or cyclic N) is 1. The lowest BCUT2D eigenvalue weighted by molar-refractivity contribution is -0.0964. The second-order valence-corrected chi connectivity index (χ2v) is 10.8. The number of ether oxygens (including phenoxy) is 1. The van der Waals surface area contributed by atoms with Crippen molar-refractivity contribution in [3.05, 3.63) is 66.4 Å². The maximum atomic E-state index is 12.9. The number of aliphatic hydroxyl groups excluding tert-OH is 1. The number of hydrogen-bond acceptors (Lipinski definition) is 7. The summed E-state index contributed by atoms with van der Waals surface area (Å²) in [5, 5.41) is 12.6. The molecule has 0 radical (unpaired) electrons. The third-order valence-electron chi connectivity index (χ3n) is 5.51. The molecule has 0 aliphatic carbocycles. The quantitative estimate of drug-likeness (QED) is 0.436. The number of carbonyl (C=O) groups is 1. The molecule has 2 aromatic carbocycles. The topological polar surface area (TPSA) is 109 Å². The van der Waals surface area contributed by atoms with Crippen molar-refractivity contribution in [2.75, 3.05) is 29.6 Å². The molecule has 0 unspecified atom stereocenters. The Balaban J connectivity index is 1.66. The first kappa shape index (κ1) is 25.8. The van der Waals surface area contributed by atoms with E-state index in [1.165, 1.54) is 42.6 Å². The fourth-order valence-electron chi connectivity index (χ4n) is 3.82. The molecule has 8 nitrogen and oxygen atoms in total. The molecule has 3 aromatic rings. The van der Waals surface area contributed by atoms with Gasteiger partial charge in [-0.1, -0.05) is 12.1 Å². The highest BCUT2D eigenvalue weighted by Crippen LogP contribution is 2.33. The molecule has 190 valence electrons. The lowest BCUT2D eigenvalue weighted by atomic mass is 10.0. The number of halogens is 3. The number of carbonyl (C=O) groups excluding carboxylic acids is 1. The summed E-state index contributed by atoms with van der Waals surface area (Å²) in [6.45, 7) is 0.904. The van der Waals surface area contributed by atoms with E-state index in [0.717, 1.165) is 6.26 Å². The molecule has 2 N–H and O–H groups in total. The first-order valence-electron chi connectivity index (χ1n) is 10.8. The Morgan fingerprint density at radius 2 is 1.94 bits per heavy atom. The maximum Gasteiger partial charge on any atom is 0.487 e. The third kappa shape index (κ3) is 6.28. The van der Waals surface area contributed by atoms with Crippen LogP contribution in [0.5, 0.6) is 5.75 Å². The van der Waals surface area contributed by atoms with Gasteiger partial charge in [0.15, 0.2) is 9.84 Å². The average molecular weight is 538 g/mol. The molecule has 0 spiro atoms. The summed E-state index contributed by atoms with van der Waals surface area (Å²) >= 11 is 4.76. The van der Waals surface area contributed by atoms with Crippen molar-refractivity contribution in [1.82, 2.24) is 4.98 Å². The van der Waals surface area contributed by atoms with Gasteiger partial charge in [-0.2, -0.15) is 0 Å². The molecule has 36 heavy (non-hydrogen) atoms. The highest BCUT2D eigenvalue weighted by atomic mass is 35.5. The number of alkyl halides is 3. The standard InChI is InChI=1S/C24H22ClF2N3O5S/c1-36(33,34)20-4-2-3-15(11-20)21-12-16(13-28-22(21)30-10-9-18(31)14-30)23(32)29-17-5-7-19(8-6-17)35-24(25,26)27/h2-8,11-13,18,31H,9-10,14H2,1H3,(H,29,32)/t18-/m0/s1. The van der Waals surface area contributed by atoms with Crippen molar-refractivity contribution in [2.45, 2.75) is 23.0 Å². The number of hydrogen-bond donors (Lipinski definition) is 2. The van der Waals surface area contributed by atoms with Crippen molar-refractivity contribution in [3.63, 3.8) is 0 Å². The zero-order valence-electron chi connectivity index (χ0n) is 19.0. The number of rotatable bonds is 7. The van der Waals surface area contributed by atoms with Crippen LogP contribution in [0.4, 0.5) is 20.3 Å². The van der Waals surface area contributed by atoms with Crippen molar-refractivity contribution in [2.24, 2.45) is 0 Å². The van der Waals surface area contributed by atoms with E-state index in [1.54, 1.807) is 18.2 Å². The molecule has 1 saturated heterocycles. The number of nitrogens with zero attached hydrogens (tertiary/aromatic N) is 2. The smallest absolute Gasteiger partial charge is 0.420 e. The van der Waals surface area contributed by atoms with Crippen LogP contribution in [-0.4, -0.2) is 55.4 Å². The van der Waals surface area contributed by atoms with Gasteiger partial charge in [-0.05, 0) is 54.4 Å². The molecule has 0 bridgehead atoms. The maximum absolute atomic E-state index is 12.9. The first-order valence-corrected chi connectivity index (χ1v) is 13.1. The predicted octanol–water partition coefficient (Wildman–Crippen LogP) is 4.14. The van der Waals surface area contributed by atoms with Crippen LogP contribution in [0.15, 0.2) is 65.7 Å². The number of nitrogens with one attached hydrogen (secondary N) is 1. The van der Waals surface area contributed by atoms with E-state index in [1.807, 2.05) is 4.90 Å². The van der Waals surface area contributed by atoms with Crippen LogP contribution in [-0.2, 0) is 9.84 Å². The minimum Gasteiger partial charge on any atom is -0.420 e. The van der Waals surface area contributed by atoms with E-state index >= 15 is 0 Å². The molecule has 1 aliphatic rings. The van der Waals surface area contributed by atoms with Gasteiger partial charge in [-0.3, -0.25) is 4.79 Å². The molecule has 0 saturated carbocycles. The highest BCUT2D eigenvalue weighted by Gasteiger charge is 2.28. The number of amides is 1. The van der Waals surface area contributed by atoms with Crippen LogP contribution in [0.25, 0.3) is 11.1 Å². The number of anilines is 2. The van der Waals surface area contributed by atoms with Crippen LogP contribution < -0.4 is 15.0 Å². The first-order chi connectivity index (χ1) is 16.9. The second kappa shape index (κ2) is 10.00. The van der Waals surface area contributed by atoms with Crippen LogP contribution >= 0.6 is 11.6 Å². The lowest BCUT2D eigenvalue weighted by Gasteiger charge is -2.21. The normalized spacial score (nSPS) is 16.1. The second-order valence-electron chi connectivity index (χ2n) is 8.31. The summed E-state index contributed by atoms with van der Waals surface area (Å²) in [6.07, 6.45) is 2.53. The van der Waals surface area contributed by atoms with Crippen LogP contribution in [0.2, 0.25) is 0 Å². The van der Waals surface area contributed by atoms with Crippen molar-refractivity contribution >= 4 is 38.9 Å². The molecule has 1 atom stereocenters. The Morgan fingerprint density at radius 3 is 2.56 bits per heavy atom. The van der Waals surface area contributed by atoms with E-state index in [9.17, 15) is 27.1 Å². The molecule has 1 aromatic heterocycles.